The number of carbonyl (C=O) groups is 1. The van der Waals surface area contributed by atoms with E-state index in [1.807, 2.05) is 19.0 Å². The number of likely N-dealkylation sites (tertiary alicyclic amines) is 1. The first-order chi connectivity index (χ1) is 8.08. The van der Waals surface area contributed by atoms with Crippen LogP contribution in [0.25, 0.3) is 0 Å². The van der Waals surface area contributed by atoms with Crippen LogP contribution in [0.15, 0.2) is 5.38 Å². The fraction of sp³-hybridized carbons (Fsp3) is 0.700. The van der Waals surface area contributed by atoms with Crippen molar-refractivity contribution >= 4 is 17.4 Å². The van der Waals surface area contributed by atoms with Gasteiger partial charge in [-0.25, -0.2) is 0 Å². The first-order valence-electron chi connectivity index (χ1n) is 5.48. The second-order valence-corrected chi connectivity index (χ2v) is 5.16. The molecule has 6 nitrogen and oxygen atoms in total. The van der Waals surface area contributed by atoms with Crippen LogP contribution in [-0.2, 0) is 0 Å². The maximum absolute atomic E-state index is 12.1. The van der Waals surface area contributed by atoms with E-state index in [4.69, 9.17) is 0 Å². The van der Waals surface area contributed by atoms with Crippen molar-refractivity contribution in [3.63, 3.8) is 0 Å². The van der Waals surface area contributed by atoms with Gasteiger partial charge >= 0.3 is 0 Å². The zero-order chi connectivity index (χ0) is 12.4. The van der Waals surface area contributed by atoms with E-state index in [2.05, 4.69) is 9.59 Å². The minimum absolute atomic E-state index is 0.0502. The maximum Gasteiger partial charge on any atom is 0.275 e. The van der Waals surface area contributed by atoms with Crippen LogP contribution in [0, 0.1) is 0 Å². The van der Waals surface area contributed by atoms with Gasteiger partial charge in [0.25, 0.3) is 5.91 Å². The van der Waals surface area contributed by atoms with Crippen LogP contribution in [0.2, 0.25) is 0 Å². The van der Waals surface area contributed by atoms with Crippen LogP contribution in [0.1, 0.15) is 16.9 Å². The van der Waals surface area contributed by atoms with E-state index in [9.17, 15) is 9.90 Å². The fourth-order valence-electron chi connectivity index (χ4n) is 2.14. The standard InChI is InChI=1S/C10H16N4O2S/c1-13(2)4-7-3-8(15)5-14(7)10(16)9-6-17-12-11-9/h6-8,15H,3-5H2,1-2H3. The van der Waals surface area contributed by atoms with Gasteiger partial charge in [0, 0.05) is 24.5 Å². The smallest absolute Gasteiger partial charge is 0.275 e. The number of hydrogen-bond donors (Lipinski definition) is 1. The predicted molar refractivity (Wildman–Crippen MR) is 63.9 cm³/mol. The van der Waals surface area contributed by atoms with Gasteiger partial charge in [-0.15, -0.1) is 5.10 Å². The molecule has 7 heteroatoms. The Bertz CT molecular complexity index is 382. The van der Waals surface area contributed by atoms with Gasteiger partial charge in [0.2, 0.25) is 0 Å². The lowest BCUT2D eigenvalue weighted by atomic mass is 10.2. The minimum atomic E-state index is -0.435. The second kappa shape index (κ2) is 5.07. The number of likely N-dealkylation sites (N-methyl/N-ethyl adjacent to an activating group) is 1. The molecule has 0 aromatic carbocycles. The van der Waals surface area contributed by atoms with E-state index in [-0.39, 0.29) is 11.9 Å². The molecular formula is C10H16N4O2S. The molecule has 1 amide bonds. The van der Waals surface area contributed by atoms with E-state index in [0.717, 1.165) is 18.1 Å². The number of hydrogen-bond acceptors (Lipinski definition) is 6. The summed E-state index contributed by atoms with van der Waals surface area (Å²) in [4.78, 5) is 15.9. The topological polar surface area (TPSA) is 69.6 Å². The minimum Gasteiger partial charge on any atom is -0.391 e. The molecule has 0 spiro atoms. The molecule has 2 heterocycles. The van der Waals surface area contributed by atoms with Crippen LogP contribution >= 0.6 is 11.5 Å². The molecule has 1 saturated heterocycles. The Kier molecular flexibility index (Phi) is 3.70. The largest absolute Gasteiger partial charge is 0.391 e. The third-order valence-electron chi connectivity index (χ3n) is 2.81. The molecule has 1 aliphatic rings. The number of carbonyl (C=O) groups excluding carboxylic acids is 1. The van der Waals surface area contributed by atoms with Gasteiger partial charge in [-0.05, 0) is 32.0 Å². The summed E-state index contributed by atoms with van der Waals surface area (Å²) in [6.07, 6.45) is 0.192. The Labute approximate surface area is 104 Å². The van der Waals surface area contributed by atoms with Crippen molar-refractivity contribution in [3.05, 3.63) is 11.1 Å². The number of nitrogens with zero attached hydrogens (tertiary/aromatic N) is 4. The highest BCUT2D eigenvalue weighted by Crippen LogP contribution is 2.20. The van der Waals surface area contributed by atoms with Crippen molar-refractivity contribution in [2.75, 3.05) is 27.2 Å². The first kappa shape index (κ1) is 12.4. The highest BCUT2D eigenvalue weighted by molar-refractivity contribution is 7.03. The monoisotopic (exact) mass is 256 g/mol. The molecule has 17 heavy (non-hydrogen) atoms. The summed E-state index contributed by atoms with van der Waals surface area (Å²) >= 11 is 1.16. The fourth-order valence-corrected chi connectivity index (χ4v) is 2.57. The quantitative estimate of drug-likeness (QED) is 0.802. The molecule has 1 aromatic heterocycles. The Morgan fingerprint density at radius 1 is 1.71 bits per heavy atom. The van der Waals surface area contributed by atoms with Gasteiger partial charge < -0.3 is 14.9 Å². The highest BCUT2D eigenvalue weighted by Gasteiger charge is 2.35. The van der Waals surface area contributed by atoms with E-state index in [0.29, 0.717) is 18.7 Å². The van der Waals surface area contributed by atoms with Crippen LogP contribution < -0.4 is 0 Å². The lowest BCUT2D eigenvalue weighted by molar-refractivity contribution is 0.0693. The van der Waals surface area contributed by atoms with E-state index in [1.165, 1.54) is 0 Å². The van der Waals surface area contributed by atoms with E-state index in [1.54, 1.807) is 10.3 Å². The Balaban J connectivity index is 2.10. The van der Waals surface area contributed by atoms with Crippen LogP contribution in [0.4, 0.5) is 0 Å². The number of aliphatic hydroxyl groups is 1. The lowest BCUT2D eigenvalue weighted by Crippen LogP contribution is -2.41. The number of amides is 1. The van der Waals surface area contributed by atoms with Crippen molar-refractivity contribution in [2.24, 2.45) is 0 Å². The molecule has 2 atom stereocenters. The average molecular weight is 256 g/mol. The molecular weight excluding hydrogens is 240 g/mol. The molecule has 1 aromatic rings. The number of β-amino-alcohol motifs (C(OH)–C–C–N with tert-alkyl or cyclic N) is 1. The van der Waals surface area contributed by atoms with Crippen LogP contribution in [0.5, 0.6) is 0 Å². The van der Waals surface area contributed by atoms with Crippen molar-refractivity contribution in [3.8, 4) is 0 Å². The molecule has 1 fully saturated rings. The van der Waals surface area contributed by atoms with Gasteiger partial charge in [0.15, 0.2) is 5.69 Å². The zero-order valence-corrected chi connectivity index (χ0v) is 10.7. The Morgan fingerprint density at radius 3 is 3.06 bits per heavy atom. The molecule has 0 radical (unpaired) electrons. The van der Waals surface area contributed by atoms with Gasteiger partial charge in [0.1, 0.15) is 0 Å². The third-order valence-corrected chi connectivity index (χ3v) is 3.31. The van der Waals surface area contributed by atoms with Crippen molar-refractivity contribution in [1.29, 1.82) is 0 Å². The molecule has 0 aliphatic carbocycles. The first-order valence-corrected chi connectivity index (χ1v) is 6.32. The summed E-state index contributed by atoms with van der Waals surface area (Å²) in [6, 6.07) is 0.0502. The Hall–Kier alpha value is -1.05. The molecule has 0 saturated carbocycles. The summed E-state index contributed by atoms with van der Waals surface area (Å²) in [5.41, 5.74) is 0.368. The van der Waals surface area contributed by atoms with Crippen molar-refractivity contribution < 1.29 is 9.90 Å². The third kappa shape index (κ3) is 2.80. The van der Waals surface area contributed by atoms with Gasteiger partial charge in [-0.3, -0.25) is 4.79 Å². The van der Waals surface area contributed by atoms with Gasteiger partial charge in [-0.2, -0.15) is 0 Å². The van der Waals surface area contributed by atoms with Gasteiger partial charge in [0.05, 0.1) is 6.10 Å². The predicted octanol–water partition coefficient (Wildman–Crippen LogP) is -0.325. The highest BCUT2D eigenvalue weighted by atomic mass is 32.1. The number of rotatable bonds is 3. The molecule has 94 valence electrons. The lowest BCUT2D eigenvalue weighted by Gasteiger charge is -2.25. The number of aromatic nitrogens is 2. The number of aliphatic hydroxyl groups excluding tert-OH is 1. The normalized spacial score (nSPS) is 24.6. The summed E-state index contributed by atoms with van der Waals surface area (Å²) < 4.78 is 3.69. The van der Waals surface area contributed by atoms with Crippen molar-refractivity contribution in [2.45, 2.75) is 18.6 Å². The molecule has 2 rings (SSSR count). The molecule has 1 N–H and O–H groups in total. The van der Waals surface area contributed by atoms with Crippen molar-refractivity contribution in [1.82, 2.24) is 19.4 Å². The Morgan fingerprint density at radius 2 is 2.47 bits per heavy atom. The zero-order valence-electron chi connectivity index (χ0n) is 9.91. The molecule has 1 aliphatic heterocycles. The van der Waals surface area contributed by atoms with E-state index < -0.39 is 6.10 Å². The summed E-state index contributed by atoms with van der Waals surface area (Å²) in [7, 11) is 3.91. The molecule has 2 unspecified atom stereocenters. The summed E-state index contributed by atoms with van der Waals surface area (Å²) in [6.45, 7) is 1.13. The van der Waals surface area contributed by atoms with E-state index >= 15 is 0 Å². The average Bonchev–Trinajstić information content (AvgIpc) is 2.85. The summed E-state index contributed by atoms with van der Waals surface area (Å²) in [5, 5.41) is 15.1. The van der Waals surface area contributed by atoms with Crippen LogP contribution in [-0.4, -0.2) is 69.7 Å². The molecule has 0 bridgehead atoms. The van der Waals surface area contributed by atoms with Gasteiger partial charge in [-0.1, -0.05) is 4.49 Å². The second-order valence-electron chi connectivity index (χ2n) is 4.55. The maximum atomic E-state index is 12.1. The SMILES string of the molecule is CN(C)CC1CC(O)CN1C(=O)c1csnn1. The van der Waals surface area contributed by atoms with Crippen LogP contribution in [0.3, 0.4) is 0 Å². The summed E-state index contributed by atoms with van der Waals surface area (Å²) in [5.74, 6) is -0.137.